The van der Waals surface area contributed by atoms with Gasteiger partial charge in [0.05, 0.1) is 39.1 Å². The number of ether oxygens (including phenoxy) is 5. The highest BCUT2D eigenvalue weighted by atomic mass is 16.6. The summed E-state index contributed by atoms with van der Waals surface area (Å²) in [6, 6.07) is 6.13. The van der Waals surface area contributed by atoms with E-state index >= 15 is 0 Å². The van der Waals surface area contributed by atoms with Gasteiger partial charge in [0.2, 0.25) is 5.75 Å². The van der Waals surface area contributed by atoms with Crippen LogP contribution in [0.15, 0.2) is 33.5 Å². The number of benzene rings is 2. The standard InChI is InChI=1S/C24H26O8/c1-7-14-11-17(25)15-9-10-19(30-8-2)31-22(15)21(14)32-24(26)16-12-18(27-4)23(29-6)20(28-5)13(16)3/h9-12H,7-8H2,1-6H3. The molecule has 1 aromatic carbocycles. The summed E-state index contributed by atoms with van der Waals surface area (Å²) in [6.07, 6.45) is 0.455. The predicted molar refractivity (Wildman–Crippen MR) is 118 cm³/mol. The molecule has 1 aromatic rings. The molecule has 0 unspecified atom stereocenters. The maximum absolute atomic E-state index is 13.3. The van der Waals surface area contributed by atoms with Gasteiger partial charge in [0.1, 0.15) is 0 Å². The van der Waals surface area contributed by atoms with Crippen molar-refractivity contribution in [3.05, 3.63) is 51.2 Å². The molecule has 0 saturated heterocycles. The summed E-state index contributed by atoms with van der Waals surface area (Å²) in [6.45, 7) is 5.77. The van der Waals surface area contributed by atoms with Crippen LogP contribution in [-0.4, -0.2) is 33.9 Å². The molecule has 1 heterocycles. The molecule has 0 aromatic heterocycles. The zero-order valence-electron chi connectivity index (χ0n) is 19.0. The van der Waals surface area contributed by atoms with E-state index in [0.29, 0.717) is 41.4 Å². The van der Waals surface area contributed by atoms with Gasteiger partial charge in [-0.25, -0.2) is 4.79 Å². The van der Waals surface area contributed by atoms with E-state index in [9.17, 15) is 9.59 Å². The van der Waals surface area contributed by atoms with Gasteiger partial charge in [0, 0.05) is 17.2 Å². The van der Waals surface area contributed by atoms with Crippen molar-refractivity contribution in [2.24, 2.45) is 0 Å². The van der Waals surface area contributed by atoms with Crippen molar-refractivity contribution in [1.82, 2.24) is 0 Å². The number of fused-ring (bicyclic) bond motifs is 1. The van der Waals surface area contributed by atoms with E-state index < -0.39 is 5.97 Å². The fraction of sp³-hybridized carbons (Fsp3) is 0.333. The molecule has 0 atom stereocenters. The SMILES string of the molecule is CCOc1ccc2c(=O)cc(CC)c(OC(=O)c3cc(OC)c(OC)c(OC)c3C)c-2o1. The second kappa shape index (κ2) is 9.64. The molecule has 2 aliphatic rings. The minimum absolute atomic E-state index is 0.152. The Morgan fingerprint density at radius 1 is 0.969 bits per heavy atom. The van der Waals surface area contributed by atoms with Gasteiger partial charge in [-0.3, -0.25) is 4.79 Å². The Morgan fingerprint density at radius 2 is 1.69 bits per heavy atom. The normalized spacial score (nSPS) is 10.7. The predicted octanol–water partition coefficient (Wildman–Crippen LogP) is 4.26. The molecule has 3 rings (SSSR count). The third-order valence-corrected chi connectivity index (χ3v) is 5.06. The molecular weight excluding hydrogens is 416 g/mol. The second-order valence-electron chi connectivity index (χ2n) is 6.85. The number of aryl methyl sites for hydroxylation is 1. The van der Waals surface area contributed by atoms with Crippen molar-refractivity contribution in [1.29, 1.82) is 0 Å². The number of hydrogen-bond donors (Lipinski definition) is 0. The summed E-state index contributed by atoms with van der Waals surface area (Å²) in [5, 5.41) is 0. The Kier molecular flexibility index (Phi) is 6.92. The zero-order valence-corrected chi connectivity index (χ0v) is 19.0. The van der Waals surface area contributed by atoms with Gasteiger partial charge in [0.25, 0.3) is 5.95 Å². The molecule has 8 heteroatoms. The first-order valence-electron chi connectivity index (χ1n) is 10.1. The molecule has 0 amide bonds. The summed E-state index contributed by atoms with van der Waals surface area (Å²) >= 11 is 0. The van der Waals surface area contributed by atoms with E-state index in [0.717, 1.165) is 0 Å². The molecule has 0 radical (unpaired) electrons. The van der Waals surface area contributed by atoms with Crippen molar-refractivity contribution < 1.29 is 32.9 Å². The van der Waals surface area contributed by atoms with E-state index in [1.807, 2.05) is 13.8 Å². The fourth-order valence-corrected chi connectivity index (χ4v) is 3.48. The zero-order chi connectivity index (χ0) is 23.4. The van der Waals surface area contributed by atoms with Crippen molar-refractivity contribution >= 4 is 5.97 Å². The van der Waals surface area contributed by atoms with Crippen molar-refractivity contribution in [3.8, 4) is 40.3 Å². The van der Waals surface area contributed by atoms with Crippen LogP contribution in [0, 0.1) is 6.92 Å². The molecule has 0 N–H and O–H groups in total. The van der Waals surface area contributed by atoms with Gasteiger partial charge >= 0.3 is 5.97 Å². The Hall–Kier alpha value is -3.68. The van der Waals surface area contributed by atoms with Gasteiger partial charge in [-0.15, -0.1) is 0 Å². The van der Waals surface area contributed by atoms with Crippen LogP contribution in [0.2, 0.25) is 0 Å². The number of carbonyl (C=O) groups is 1. The monoisotopic (exact) mass is 442 g/mol. The molecule has 0 bridgehead atoms. The topological polar surface area (TPSA) is 93.4 Å². The summed E-state index contributed by atoms with van der Waals surface area (Å²) in [5.74, 6) is 0.928. The maximum atomic E-state index is 13.3. The van der Waals surface area contributed by atoms with Crippen LogP contribution in [0.25, 0.3) is 11.3 Å². The first kappa shape index (κ1) is 23.0. The summed E-state index contributed by atoms with van der Waals surface area (Å²) in [5.41, 5.74) is 1.34. The lowest BCUT2D eigenvalue weighted by atomic mass is 10.0. The molecule has 0 spiro atoms. The van der Waals surface area contributed by atoms with Crippen LogP contribution in [0.3, 0.4) is 0 Å². The lowest BCUT2D eigenvalue weighted by Crippen LogP contribution is -2.16. The third-order valence-electron chi connectivity index (χ3n) is 5.06. The van der Waals surface area contributed by atoms with Gasteiger partial charge in [-0.2, -0.15) is 0 Å². The third kappa shape index (κ3) is 4.08. The number of hydrogen-bond acceptors (Lipinski definition) is 8. The van der Waals surface area contributed by atoms with E-state index in [-0.39, 0.29) is 34.0 Å². The Morgan fingerprint density at radius 3 is 2.28 bits per heavy atom. The van der Waals surface area contributed by atoms with Crippen LogP contribution < -0.4 is 29.1 Å². The lowest BCUT2D eigenvalue weighted by molar-refractivity contribution is 0.0728. The number of carbonyl (C=O) groups excluding carboxylic acids is 1. The molecule has 1 aliphatic carbocycles. The Bertz CT molecular complexity index is 1160. The smallest absolute Gasteiger partial charge is 0.344 e. The van der Waals surface area contributed by atoms with Crippen LogP contribution in [0.4, 0.5) is 0 Å². The van der Waals surface area contributed by atoms with Gasteiger partial charge in [-0.05, 0) is 38.5 Å². The molecular formula is C24H26O8. The van der Waals surface area contributed by atoms with Crippen LogP contribution >= 0.6 is 0 Å². The van der Waals surface area contributed by atoms with E-state index in [1.54, 1.807) is 19.1 Å². The first-order chi connectivity index (χ1) is 15.4. The van der Waals surface area contributed by atoms with Gasteiger partial charge in [0.15, 0.2) is 28.4 Å². The van der Waals surface area contributed by atoms with E-state index in [2.05, 4.69) is 0 Å². The Balaban J connectivity index is 2.16. The quantitative estimate of drug-likeness (QED) is 0.377. The fourth-order valence-electron chi connectivity index (χ4n) is 3.48. The van der Waals surface area contributed by atoms with Crippen molar-refractivity contribution in [2.45, 2.75) is 27.2 Å². The maximum Gasteiger partial charge on any atom is 0.344 e. The average molecular weight is 442 g/mol. The number of esters is 1. The lowest BCUT2D eigenvalue weighted by Gasteiger charge is -2.18. The first-order valence-corrected chi connectivity index (χ1v) is 10.1. The van der Waals surface area contributed by atoms with Crippen LogP contribution in [-0.2, 0) is 6.42 Å². The highest BCUT2D eigenvalue weighted by molar-refractivity contribution is 5.95. The minimum atomic E-state index is -0.659. The van der Waals surface area contributed by atoms with E-state index in [4.69, 9.17) is 28.1 Å². The van der Waals surface area contributed by atoms with Crippen LogP contribution in [0.1, 0.15) is 35.3 Å². The molecule has 170 valence electrons. The Labute approximate surface area is 186 Å². The molecule has 1 aliphatic heterocycles. The summed E-state index contributed by atoms with van der Waals surface area (Å²) in [4.78, 5) is 25.8. The van der Waals surface area contributed by atoms with Crippen molar-refractivity contribution in [3.63, 3.8) is 0 Å². The largest absolute Gasteiger partial charge is 0.493 e. The minimum Gasteiger partial charge on any atom is -0.493 e. The molecule has 0 fully saturated rings. The summed E-state index contributed by atoms with van der Waals surface area (Å²) < 4.78 is 33.2. The number of methoxy groups -OCH3 is 3. The number of rotatable bonds is 8. The molecule has 8 nitrogen and oxygen atoms in total. The van der Waals surface area contributed by atoms with Crippen molar-refractivity contribution in [2.75, 3.05) is 27.9 Å². The van der Waals surface area contributed by atoms with Crippen LogP contribution in [0.5, 0.6) is 28.9 Å². The van der Waals surface area contributed by atoms with E-state index in [1.165, 1.54) is 33.5 Å². The van der Waals surface area contributed by atoms with Gasteiger partial charge in [-0.1, -0.05) is 6.92 Å². The summed E-state index contributed by atoms with van der Waals surface area (Å²) in [7, 11) is 4.42. The highest BCUT2D eigenvalue weighted by Crippen LogP contribution is 2.42. The average Bonchev–Trinajstić information content (AvgIpc) is 2.80. The molecule has 32 heavy (non-hydrogen) atoms. The highest BCUT2D eigenvalue weighted by Gasteiger charge is 2.27. The second-order valence-corrected chi connectivity index (χ2v) is 6.85. The van der Waals surface area contributed by atoms with Gasteiger partial charge < -0.3 is 28.1 Å². The molecule has 0 saturated carbocycles.